The van der Waals surface area contributed by atoms with Crippen molar-refractivity contribution in [1.29, 1.82) is 5.26 Å². The van der Waals surface area contributed by atoms with Gasteiger partial charge in [0.1, 0.15) is 0 Å². The van der Waals surface area contributed by atoms with E-state index < -0.39 is 0 Å². The van der Waals surface area contributed by atoms with E-state index >= 15 is 0 Å². The van der Waals surface area contributed by atoms with Crippen LogP contribution in [0.15, 0.2) is 11.6 Å². The van der Waals surface area contributed by atoms with Crippen LogP contribution in [-0.4, -0.2) is 0 Å². The van der Waals surface area contributed by atoms with Gasteiger partial charge in [-0.1, -0.05) is 126 Å². The Labute approximate surface area is 247 Å². The molecule has 0 aromatic carbocycles. The van der Waals surface area contributed by atoms with Gasteiger partial charge in [-0.2, -0.15) is 5.26 Å². The Hall–Kier alpha value is -0.770. The Kier molecular flexibility index (Phi) is 16.7. The van der Waals surface area contributed by atoms with Crippen LogP contribution in [0.3, 0.4) is 0 Å². The average molecular weight is 542 g/mol. The van der Waals surface area contributed by atoms with Crippen LogP contribution < -0.4 is 0 Å². The fraction of sp³-hybridized carbons (Fsp3) is 0.921. The van der Waals surface area contributed by atoms with Gasteiger partial charge >= 0.3 is 0 Å². The summed E-state index contributed by atoms with van der Waals surface area (Å²) in [6.45, 7) is 25.2. The van der Waals surface area contributed by atoms with E-state index in [-0.39, 0.29) is 0 Å². The molecule has 4 rings (SSSR count). The molecule has 0 bridgehead atoms. The van der Waals surface area contributed by atoms with Gasteiger partial charge < -0.3 is 0 Å². The van der Waals surface area contributed by atoms with Crippen LogP contribution in [0.4, 0.5) is 0 Å². The molecule has 0 amide bonds. The fourth-order valence-corrected chi connectivity index (χ4v) is 9.37. The summed E-state index contributed by atoms with van der Waals surface area (Å²) >= 11 is 0. The summed E-state index contributed by atoms with van der Waals surface area (Å²) in [5.74, 6) is 6.73. The molecule has 0 radical (unpaired) electrons. The van der Waals surface area contributed by atoms with E-state index in [1.807, 2.05) is 19.4 Å². The third-order valence-corrected chi connectivity index (χ3v) is 11.5. The second kappa shape index (κ2) is 17.9. The number of fused-ring (bicyclic) bond motifs is 5. The van der Waals surface area contributed by atoms with Crippen molar-refractivity contribution in [3.8, 4) is 6.07 Å². The second-order valence-electron chi connectivity index (χ2n) is 14.6. The highest BCUT2D eigenvalue weighted by molar-refractivity contribution is 5.25. The molecule has 0 aromatic rings. The number of unbranched alkanes of at least 4 members (excludes halogenated alkanes) is 3. The quantitative estimate of drug-likeness (QED) is 0.221. The lowest BCUT2D eigenvalue weighted by atomic mass is 9.46. The highest BCUT2D eigenvalue weighted by atomic mass is 14.6. The molecular formula is C38H71N. The van der Waals surface area contributed by atoms with Crippen LogP contribution in [-0.2, 0) is 0 Å². The summed E-state index contributed by atoms with van der Waals surface area (Å²) in [5.41, 5.74) is 3.06. The summed E-state index contributed by atoms with van der Waals surface area (Å²) in [6, 6.07) is 1.75. The number of hydrogen-bond acceptors (Lipinski definition) is 1. The van der Waals surface area contributed by atoms with E-state index in [0.717, 1.165) is 41.4 Å². The number of nitriles is 1. The Morgan fingerprint density at radius 3 is 2.08 bits per heavy atom. The minimum atomic E-state index is 0.553. The predicted octanol–water partition coefficient (Wildman–Crippen LogP) is 12.8. The highest BCUT2D eigenvalue weighted by Gasteiger charge is 2.58. The molecule has 0 spiro atoms. The van der Waals surface area contributed by atoms with Gasteiger partial charge in [-0.25, -0.2) is 0 Å². The summed E-state index contributed by atoms with van der Waals surface area (Å²) in [6.07, 6.45) is 24.5. The van der Waals surface area contributed by atoms with Crippen LogP contribution >= 0.6 is 0 Å². The lowest BCUT2D eigenvalue weighted by molar-refractivity contribution is -0.0523. The molecule has 1 heteroatoms. The number of nitrogens with zero attached hydrogens (tertiary/aromatic N) is 1. The minimum absolute atomic E-state index is 0.553. The summed E-state index contributed by atoms with van der Waals surface area (Å²) in [5, 5.41) is 7.32. The third-order valence-electron chi connectivity index (χ3n) is 11.5. The molecule has 8 atom stereocenters. The van der Waals surface area contributed by atoms with Crippen LogP contribution in [0.5, 0.6) is 0 Å². The zero-order valence-electron chi connectivity index (χ0n) is 28.7. The van der Waals surface area contributed by atoms with Crippen molar-refractivity contribution < 1.29 is 0 Å². The topological polar surface area (TPSA) is 23.8 Å². The first-order chi connectivity index (χ1) is 18.6. The third kappa shape index (κ3) is 9.37. The largest absolute Gasteiger partial charge is 0.199 e. The molecular weight excluding hydrogens is 470 g/mol. The zero-order valence-corrected chi connectivity index (χ0v) is 28.7. The van der Waals surface area contributed by atoms with E-state index in [0.29, 0.717) is 10.8 Å². The number of allylic oxidation sites excluding steroid dienone is 2. The normalized spacial score (nSPS) is 35.2. The molecule has 0 aromatic heterocycles. The van der Waals surface area contributed by atoms with E-state index in [1.165, 1.54) is 103 Å². The molecule has 0 aliphatic heterocycles. The molecule has 8 unspecified atom stereocenters. The van der Waals surface area contributed by atoms with Crippen molar-refractivity contribution in [2.45, 2.75) is 172 Å². The van der Waals surface area contributed by atoms with Crippen molar-refractivity contribution in [3.05, 3.63) is 11.6 Å². The van der Waals surface area contributed by atoms with Gasteiger partial charge in [-0.15, -0.1) is 0 Å². The Morgan fingerprint density at radius 1 is 0.897 bits per heavy atom. The Morgan fingerprint density at radius 2 is 1.51 bits per heavy atom. The molecule has 3 fully saturated rings. The van der Waals surface area contributed by atoms with Crippen molar-refractivity contribution >= 4 is 0 Å². The molecule has 39 heavy (non-hydrogen) atoms. The molecule has 1 nitrogen and oxygen atoms in total. The SMILES string of the molecule is CC.CC#N.CC(C)CCCC(C)C1CCC2C3CC=C4CC(C)CCC4(C)C3CCC12C.CCCCCC. The van der Waals surface area contributed by atoms with Gasteiger partial charge in [0.2, 0.25) is 0 Å². The van der Waals surface area contributed by atoms with Crippen molar-refractivity contribution in [2.24, 2.45) is 52.3 Å². The molecule has 3 saturated carbocycles. The van der Waals surface area contributed by atoms with Crippen LogP contribution in [0.1, 0.15) is 172 Å². The first-order valence-corrected chi connectivity index (χ1v) is 17.6. The van der Waals surface area contributed by atoms with E-state index in [1.54, 1.807) is 6.07 Å². The highest BCUT2D eigenvalue weighted by Crippen LogP contribution is 2.67. The first kappa shape index (κ1) is 36.3. The van der Waals surface area contributed by atoms with Crippen molar-refractivity contribution in [3.63, 3.8) is 0 Å². The van der Waals surface area contributed by atoms with Crippen LogP contribution in [0.25, 0.3) is 0 Å². The predicted molar refractivity (Wildman–Crippen MR) is 175 cm³/mol. The van der Waals surface area contributed by atoms with Crippen LogP contribution in [0.2, 0.25) is 0 Å². The summed E-state index contributed by atoms with van der Waals surface area (Å²) < 4.78 is 0. The Balaban J connectivity index is 0.000000595. The Bertz CT molecular complexity index is 724. The van der Waals surface area contributed by atoms with Gasteiger partial charge in [0.25, 0.3) is 0 Å². The zero-order chi connectivity index (χ0) is 29.6. The average Bonchev–Trinajstić information content (AvgIpc) is 3.27. The summed E-state index contributed by atoms with van der Waals surface area (Å²) in [7, 11) is 0. The molecule has 228 valence electrons. The van der Waals surface area contributed by atoms with Gasteiger partial charge in [-0.05, 0) is 104 Å². The van der Waals surface area contributed by atoms with Gasteiger partial charge in [-0.3, -0.25) is 0 Å². The van der Waals surface area contributed by atoms with E-state index in [2.05, 4.69) is 61.5 Å². The first-order valence-electron chi connectivity index (χ1n) is 17.6. The monoisotopic (exact) mass is 542 g/mol. The fourth-order valence-electron chi connectivity index (χ4n) is 9.37. The molecule has 0 N–H and O–H groups in total. The number of rotatable bonds is 8. The lowest BCUT2D eigenvalue weighted by Crippen LogP contribution is -2.50. The molecule has 0 heterocycles. The summed E-state index contributed by atoms with van der Waals surface area (Å²) in [4.78, 5) is 0. The van der Waals surface area contributed by atoms with E-state index in [9.17, 15) is 0 Å². The van der Waals surface area contributed by atoms with E-state index in [4.69, 9.17) is 5.26 Å². The van der Waals surface area contributed by atoms with Crippen molar-refractivity contribution in [2.75, 3.05) is 0 Å². The molecule has 4 aliphatic rings. The van der Waals surface area contributed by atoms with Crippen molar-refractivity contribution in [1.82, 2.24) is 0 Å². The number of hydrogen-bond donors (Lipinski definition) is 0. The maximum absolute atomic E-state index is 7.32. The minimum Gasteiger partial charge on any atom is -0.199 e. The van der Waals surface area contributed by atoms with Crippen LogP contribution in [0, 0.1) is 63.6 Å². The lowest BCUT2D eigenvalue weighted by Gasteiger charge is -2.58. The molecule has 4 aliphatic carbocycles. The van der Waals surface area contributed by atoms with Gasteiger partial charge in [0, 0.05) is 6.92 Å². The molecule has 0 saturated heterocycles. The maximum Gasteiger partial charge on any atom is 0.0587 e. The second-order valence-corrected chi connectivity index (χ2v) is 14.6. The van der Waals surface area contributed by atoms with Gasteiger partial charge in [0.05, 0.1) is 6.07 Å². The smallest absolute Gasteiger partial charge is 0.0587 e. The van der Waals surface area contributed by atoms with Gasteiger partial charge in [0.15, 0.2) is 0 Å². The standard InChI is InChI=1S/C28H48.C6H14.C2H3N.C2H6/c1-19(2)8-7-9-21(4)24-12-13-25-23-11-10-22-18-20(3)14-16-27(22,5)26(23)15-17-28(24,25)6;1-3-5-6-4-2;1-2-3;1-2/h10,19-21,23-26H,7-9,11-18H2,1-6H3;3-6H2,1-2H3;1H3;1-2H3. The maximum atomic E-state index is 7.32.